The fraction of sp³-hybridized carbons (Fsp3) is 0.360. The molecule has 166 valence electrons. The summed E-state index contributed by atoms with van der Waals surface area (Å²) in [7, 11) is 0. The van der Waals surface area contributed by atoms with Gasteiger partial charge in [0, 0.05) is 68.0 Å². The van der Waals surface area contributed by atoms with E-state index in [9.17, 15) is 9.90 Å². The average Bonchev–Trinajstić information content (AvgIpc) is 3.21. The van der Waals surface area contributed by atoms with Gasteiger partial charge in [0.1, 0.15) is 0 Å². The lowest BCUT2D eigenvalue weighted by Crippen LogP contribution is -2.53. The van der Waals surface area contributed by atoms with Crippen molar-refractivity contribution in [2.75, 3.05) is 39.3 Å². The number of benzene rings is 2. The standard InChI is InChI=1S/C25H27ClN4O2/c26-21-7-5-19(6-8-21)25(32)30-16-23(24(31)17-30)29-11-9-28(10-12-29)15-18-13-20-3-1-2-4-22(20)27-14-18/h1-8,13-14,23-24,31H,9-12,15-17H2. The van der Waals surface area contributed by atoms with Crippen molar-refractivity contribution in [3.8, 4) is 0 Å². The summed E-state index contributed by atoms with van der Waals surface area (Å²) in [6.07, 6.45) is 1.44. The van der Waals surface area contributed by atoms with Crippen LogP contribution < -0.4 is 0 Å². The molecule has 0 radical (unpaired) electrons. The maximum atomic E-state index is 12.8. The van der Waals surface area contributed by atoms with Crippen LogP contribution in [-0.2, 0) is 6.54 Å². The molecule has 2 aliphatic rings. The number of hydrogen-bond acceptors (Lipinski definition) is 5. The van der Waals surface area contributed by atoms with Crippen molar-refractivity contribution in [2.45, 2.75) is 18.7 Å². The molecule has 2 saturated heterocycles. The molecule has 1 N–H and O–H groups in total. The molecule has 2 unspecified atom stereocenters. The highest BCUT2D eigenvalue weighted by Gasteiger charge is 2.38. The van der Waals surface area contributed by atoms with Gasteiger partial charge in [0.05, 0.1) is 17.7 Å². The molecule has 0 aliphatic carbocycles. The normalized spacial score (nSPS) is 22.5. The first-order chi connectivity index (χ1) is 15.6. The van der Waals surface area contributed by atoms with Gasteiger partial charge in [-0.25, -0.2) is 0 Å². The summed E-state index contributed by atoms with van der Waals surface area (Å²) in [6, 6.07) is 17.3. The zero-order valence-electron chi connectivity index (χ0n) is 17.9. The number of pyridine rings is 1. The van der Waals surface area contributed by atoms with E-state index in [0.29, 0.717) is 23.7 Å². The van der Waals surface area contributed by atoms with Crippen molar-refractivity contribution < 1.29 is 9.90 Å². The highest BCUT2D eigenvalue weighted by atomic mass is 35.5. The van der Waals surface area contributed by atoms with E-state index in [-0.39, 0.29) is 11.9 Å². The number of halogens is 1. The summed E-state index contributed by atoms with van der Waals surface area (Å²) in [6.45, 7) is 5.42. The van der Waals surface area contributed by atoms with Crippen LogP contribution in [0, 0.1) is 0 Å². The van der Waals surface area contributed by atoms with Crippen LogP contribution >= 0.6 is 11.6 Å². The minimum absolute atomic E-state index is 0.0178. The molecule has 0 saturated carbocycles. The lowest BCUT2D eigenvalue weighted by atomic mass is 10.1. The molecule has 1 amide bonds. The molecule has 0 bridgehead atoms. The molecule has 2 aliphatic heterocycles. The molecule has 2 atom stereocenters. The Hall–Kier alpha value is -2.51. The number of carbonyl (C=O) groups excluding carboxylic acids is 1. The molecule has 7 heteroatoms. The number of piperazine rings is 1. The van der Waals surface area contributed by atoms with Crippen LogP contribution in [0.25, 0.3) is 10.9 Å². The lowest BCUT2D eigenvalue weighted by molar-refractivity contribution is 0.0423. The Labute approximate surface area is 193 Å². The summed E-state index contributed by atoms with van der Waals surface area (Å²) in [5.41, 5.74) is 2.85. The zero-order valence-corrected chi connectivity index (χ0v) is 18.7. The Morgan fingerprint density at radius 3 is 2.56 bits per heavy atom. The van der Waals surface area contributed by atoms with E-state index in [4.69, 9.17) is 11.6 Å². The van der Waals surface area contributed by atoms with E-state index in [0.717, 1.165) is 38.2 Å². The monoisotopic (exact) mass is 450 g/mol. The molecule has 1 aromatic heterocycles. The number of carbonyl (C=O) groups is 1. The highest BCUT2D eigenvalue weighted by Crippen LogP contribution is 2.22. The maximum absolute atomic E-state index is 12.8. The highest BCUT2D eigenvalue weighted by molar-refractivity contribution is 6.30. The van der Waals surface area contributed by atoms with Crippen LogP contribution in [0.1, 0.15) is 15.9 Å². The Bertz CT molecular complexity index is 1100. The van der Waals surface area contributed by atoms with Crippen LogP contribution in [-0.4, -0.2) is 82.1 Å². The molecule has 2 fully saturated rings. The predicted molar refractivity (Wildman–Crippen MR) is 126 cm³/mol. The molecular formula is C25H27ClN4O2. The number of likely N-dealkylation sites (tertiary alicyclic amines) is 1. The fourth-order valence-electron chi connectivity index (χ4n) is 4.78. The number of rotatable bonds is 4. The van der Waals surface area contributed by atoms with Gasteiger partial charge in [-0.2, -0.15) is 0 Å². The minimum Gasteiger partial charge on any atom is -0.390 e. The Balaban J connectivity index is 1.16. The fourth-order valence-corrected chi connectivity index (χ4v) is 4.91. The first-order valence-corrected chi connectivity index (χ1v) is 11.5. The Morgan fingerprint density at radius 2 is 1.78 bits per heavy atom. The number of fused-ring (bicyclic) bond motifs is 1. The number of para-hydroxylation sites is 1. The first kappa shape index (κ1) is 21.3. The number of β-amino-alcohol motifs (C(OH)–C–C–N with tert-alkyl or cyclic N) is 1. The van der Waals surface area contributed by atoms with Crippen molar-refractivity contribution in [2.24, 2.45) is 0 Å². The van der Waals surface area contributed by atoms with Gasteiger partial charge in [-0.3, -0.25) is 19.6 Å². The van der Waals surface area contributed by atoms with Crippen LogP contribution in [0.5, 0.6) is 0 Å². The van der Waals surface area contributed by atoms with E-state index in [1.165, 1.54) is 10.9 Å². The summed E-state index contributed by atoms with van der Waals surface area (Å²) in [5, 5.41) is 12.5. The van der Waals surface area contributed by atoms with Gasteiger partial charge in [-0.15, -0.1) is 0 Å². The van der Waals surface area contributed by atoms with E-state index < -0.39 is 6.10 Å². The SMILES string of the molecule is O=C(c1ccc(Cl)cc1)N1CC(O)C(N2CCN(Cc3cnc4ccccc4c3)CC2)C1. The summed E-state index contributed by atoms with van der Waals surface area (Å²) >= 11 is 5.93. The Morgan fingerprint density at radius 1 is 1.03 bits per heavy atom. The van der Waals surface area contributed by atoms with Crippen LogP contribution in [0.2, 0.25) is 5.02 Å². The second kappa shape index (κ2) is 9.16. The maximum Gasteiger partial charge on any atom is 0.253 e. The van der Waals surface area contributed by atoms with Gasteiger partial charge in [0.25, 0.3) is 5.91 Å². The van der Waals surface area contributed by atoms with E-state index in [2.05, 4.69) is 26.9 Å². The molecular weight excluding hydrogens is 424 g/mol. The molecule has 3 heterocycles. The number of nitrogens with zero attached hydrogens (tertiary/aromatic N) is 4. The number of aromatic nitrogens is 1. The largest absolute Gasteiger partial charge is 0.390 e. The average molecular weight is 451 g/mol. The summed E-state index contributed by atoms with van der Waals surface area (Å²) in [4.78, 5) is 23.9. The van der Waals surface area contributed by atoms with Gasteiger partial charge in [-0.05, 0) is 42.0 Å². The van der Waals surface area contributed by atoms with E-state index in [1.54, 1.807) is 29.2 Å². The number of aliphatic hydroxyl groups excluding tert-OH is 1. The smallest absolute Gasteiger partial charge is 0.253 e. The third-order valence-electron chi connectivity index (χ3n) is 6.57. The number of amides is 1. The Kier molecular flexibility index (Phi) is 6.11. The molecule has 5 rings (SSSR count). The summed E-state index contributed by atoms with van der Waals surface area (Å²) < 4.78 is 0. The second-order valence-electron chi connectivity index (χ2n) is 8.70. The van der Waals surface area contributed by atoms with Crippen molar-refractivity contribution in [3.05, 3.63) is 76.9 Å². The third-order valence-corrected chi connectivity index (χ3v) is 6.82. The number of aliphatic hydroxyl groups is 1. The number of hydrogen-bond donors (Lipinski definition) is 1. The first-order valence-electron chi connectivity index (χ1n) is 11.1. The van der Waals surface area contributed by atoms with E-state index in [1.807, 2.05) is 24.4 Å². The van der Waals surface area contributed by atoms with Crippen LogP contribution in [0.3, 0.4) is 0 Å². The minimum atomic E-state index is -0.525. The summed E-state index contributed by atoms with van der Waals surface area (Å²) in [5.74, 6) is -0.0503. The topological polar surface area (TPSA) is 59.9 Å². The predicted octanol–water partition coefficient (Wildman–Crippen LogP) is 2.89. The second-order valence-corrected chi connectivity index (χ2v) is 9.14. The lowest BCUT2D eigenvalue weighted by Gasteiger charge is -2.38. The molecule has 2 aromatic carbocycles. The quantitative estimate of drug-likeness (QED) is 0.662. The zero-order chi connectivity index (χ0) is 22.1. The van der Waals surface area contributed by atoms with Crippen molar-refractivity contribution in [1.82, 2.24) is 19.7 Å². The van der Waals surface area contributed by atoms with Gasteiger partial charge in [0.15, 0.2) is 0 Å². The van der Waals surface area contributed by atoms with E-state index >= 15 is 0 Å². The van der Waals surface area contributed by atoms with Gasteiger partial charge in [-0.1, -0.05) is 29.8 Å². The van der Waals surface area contributed by atoms with Gasteiger partial charge in [0.2, 0.25) is 0 Å². The van der Waals surface area contributed by atoms with Crippen LogP contribution in [0.4, 0.5) is 0 Å². The molecule has 0 spiro atoms. The molecule has 6 nitrogen and oxygen atoms in total. The molecule has 32 heavy (non-hydrogen) atoms. The van der Waals surface area contributed by atoms with Gasteiger partial charge >= 0.3 is 0 Å². The van der Waals surface area contributed by atoms with Crippen molar-refractivity contribution in [1.29, 1.82) is 0 Å². The molecule has 3 aromatic rings. The van der Waals surface area contributed by atoms with Gasteiger partial charge < -0.3 is 10.0 Å². The van der Waals surface area contributed by atoms with Crippen molar-refractivity contribution in [3.63, 3.8) is 0 Å². The third kappa shape index (κ3) is 4.50. The van der Waals surface area contributed by atoms with Crippen LogP contribution in [0.15, 0.2) is 60.8 Å². The van der Waals surface area contributed by atoms with Crippen molar-refractivity contribution >= 4 is 28.4 Å².